The number of aromatic nitrogens is 1. The van der Waals surface area contributed by atoms with Crippen LogP contribution in [0.3, 0.4) is 0 Å². The molecule has 0 radical (unpaired) electrons. The van der Waals surface area contributed by atoms with Crippen LogP contribution in [0.4, 0.5) is 5.69 Å². The number of benzene rings is 1. The number of pyridine rings is 1. The van der Waals surface area contributed by atoms with E-state index in [0.717, 1.165) is 23.4 Å². The van der Waals surface area contributed by atoms with E-state index in [1.54, 1.807) is 11.1 Å². The molecule has 1 aromatic carbocycles. The SMILES string of the molecule is O=C(CC(=O)N1CCc2ccccc21)NCc1ccccn1. The van der Waals surface area contributed by atoms with E-state index in [1.165, 1.54) is 0 Å². The molecular weight excluding hydrogens is 278 g/mol. The summed E-state index contributed by atoms with van der Waals surface area (Å²) >= 11 is 0. The zero-order chi connectivity index (χ0) is 15.4. The summed E-state index contributed by atoms with van der Waals surface area (Å²) in [5.74, 6) is -0.441. The molecule has 1 aliphatic rings. The Kier molecular flexibility index (Phi) is 4.14. The first-order valence-electron chi connectivity index (χ1n) is 7.29. The molecule has 5 heteroatoms. The molecule has 3 rings (SSSR count). The standard InChI is InChI=1S/C17H17N3O2/c21-16(19-12-14-6-3-4-9-18-14)11-17(22)20-10-8-13-5-1-2-7-15(13)20/h1-7,9H,8,10-12H2,(H,19,21). The Morgan fingerprint density at radius 2 is 1.95 bits per heavy atom. The Bertz CT molecular complexity index is 685. The highest BCUT2D eigenvalue weighted by atomic mass is 16.2. The number of anilines is 1. The van der Waals surface area contributed by atoms with Crippen molar-refractivity contribution in [1.82, 2.24) is 10.3 Å². The van der Waals surface area contributed by atoms with Gasteiger partial charge in [-0.3, -0.25) is 14.6 Å². The summed E-state index contributed by atoms with van der Waals surface area (Å²) < 4.78 is 0. The van der Waals surface area contributed by atoms with Crippen molar-refractivity contribution in [1.29, 1.82) is 0 Å². The highest BCUT2D eigenvalue weighted by Crippen LogP contribution is 2.27. The van der Waals surface area contributed by atoms with Gasteiger partial charge in [0, 0.05) is 18.4 Å². The number of para-hydroxylation sites is 1. The Balaban J connectivity index is 1.55. The Labute approximate surface area is 129 Å². The van der Waals surface area contributed by atoms with Crippen molar-refractivity contribution < 1.29 is 9.59 Å². The van der Waals surface area contributed by atoms with Crippen molar-refractivity contribution >= 4 is 17.5 Å². The van der Waals surface area contributed by atoms with Gasteiger partial charge in [0.2, 0.25) is 11.8 Å². The van der Waals surface area contributed by atoms with Crippen molar-refractivity contribution in [2.75, 3.05) is 11.4 Å². The average molecular weight is 295 g/mol. The van der Waals surface area contributed by atoms with E-state index in [0.29, 0.717) is 13.1 Å². The Morgan fingerprint density at radius 1 is 1.14 bits per heavy atom. The molecule has 0 atom stereocenters. The number of fused-ring (bicyclic) bond motifs is 1. The minimum absolute atomic E-state index is 0.138. The maximum Gasteiger partial charge on any atom is 0.236 e. The number of amides is 2. The average Bonchev–Trinajstić information content (AvgIpc) is 2.98. The van der Waals surface area contributed by atoms with E-state index in [2.05, 4.69) is 10.3 Å². The van der Waals surface area contributed by atoms with Gasteiger partial charge in [-0.2, -0.15) is 0 Å². The number of hydrogen-bond donors (Lipinski definition) is 1. The minimum Gasteiger partial charge on any atom is -0.350 e. The summed E-state index contributed by atoms with van der Waals surface area (Å²) in [5, 5.41) is 2.73. The van der Waals surface area contributed by atoms with Crippen LogP contribution < -0.4 is 10.2 Å². The van der Waals surface area contributed by atoms with E-state index in [-0.39, 0.29) is 18.2 Å². The second-order valence-electron chi connectivity index (χ2n) is 5.20. The smallest absolute Gasteiger partial charge is 0.236 e. The molecule has 1 aliphatic heterocycles. The maximum atomic E-state index is 12.3. The van der Waals surface area contributed by atoms with Crippen molar-refractivity contribution in [2.24, 2.45) is 0 Å². The molecule has 0 unspecified atom stereocenters. The predicted octanol–water partition coefficient (Wildman–Crippen LogP) is 1.68. The first-order chi connectivity index (χ1) is 10.7. The van der Waals surface area contributed by atoms with Gasteiger partial charge in [0.05, 0.1) is 12.2 Å². The zero-order valence-corrected chi connectivity index (χ0v) is 12.2. The van der Waals surface area contributed by atoms with Crippen LogP contribution in [0.25, 0.3) is 0 Å². The number of hydrogen-bond acceptors (Lipinski definition) is 3. The third kappa shape index (κ3) is 3.14. The quantitative estimate of drug-likeness (QED) is 0.873. The molecule has 0 fully saturated rings. The first-order valence-corrected chi connectivity index (χ1v) is 7.29. The second-order valence-corrected chi connectivity index (χ2v) is 5.20. The lowest BCUT2D eigenvalue weighted by Gasteiger charge is -2.17. The van der Waals surface area contributed by atoms with Crippen molar-refractivity contribution in [3.05, 3.63) is 59.9 Å². The minimum atomic E-state index is -0.278. The van der Waals surface area contributed by atoms with E-state index < -0.39 is 0 Å². The molecule has 1 N–H and O–H groups in total. The lowest BCUT2D eigenvalue weighted by Crippen LogP contribution is -2.34. The number of carbonyl (C=O) groups excluding carboxylic acids is 2. The van der Waals surface area contributed by atoms with Gasteiger partial charge < -0.3 is 10.2 Å². The van der Waals surface area contributed by atoms with Crippen LogP contribution in [-0.2, 0) is 22.6 Å². The van der Waals surface area contributed by atoms with E-state index in [9.17, 15) is 9.59 Å². The van der Waals surface area contributed by atoms with E-state index >= 15 is 0 Å². The molecule has 0 saturated carbocycles. The summed E-state index contributed by atoms with van der Waals surface area (Å²) in [6, 6.07) is 13.3. The van der Waals surface area contributed by atoms with Gasteiger partial charge in [-0.05, 0) is 30.2 Å². The third-order valence-corrected chi connectivity index (χ3v) is 3.69. The molecule has 0 aliphatic carbocycles. The maximum absolute atomic E-state index is 12.3. The lowest BCUT2D eigenvalue weighted by atomic mass is 10.2. The van der Waals surface area contributed by atoms with Crippen LogP contribution in [-0.4, -0.2) is 23.3 Å². The first kappa shape index (κ1) is 14.3. The van der Waals surface area contributed by atoms with Crippen LogP contribution in [0.2, 0.25) is 0 Å². The molecule has 0 saturated heterocycles. The third-order valence-electron chi connectivity index (χ3n) is 3.69. The molecule has 0 bridgehead atoms. The monoisotopic (exact) mass is 295 g/mol. The Morgan fingerprint density at radius 3 is 2.77 bits per heavy atom. The van der Waals surface area contributed by atoms with Crippen LogP contribution >= 0.6 is 0 Å². The van der Waals surface area contributed by atoms with Gasteiger partial charge in [0.1, 0.15) is 6.42 Å². The van der Waals surface area contributed by atoms with Crippen LogP contribution in [0, 0.1) is 0 Å². The summed E-state index contributed by atoms with van der Waals surface area (Å²) in [6.45, 7) is 0.981. The van der Waals surface area contributed by atoms with Crippen molar-refractivity contribution in [3.8, 4) is 0 Å². The number of nitrogens with zero attached hydrogens (tertiary/aromatic N) is 2. The zero-order valence-electron chi connectivity index (χ0n) is 12.2. The van der Waals surface area contributed by atoms with Crippen molar-refractivity contribution in [2.45, 2.75) is 19.4 Å². The van der Waals surface area contributed by atoms with Gasteiger partial charge in [0.15, 0.2) is 0 Å². The second kappa shape index (κ2) is 6.39. The summed E-state index contributed by atoms with van der Waals surface area (Å²) in [7, 11) is 0. The highest BCUT2D eigenvalue weighted by Gasteiger charge is 2.25. The fraction of sp³-hybridized carbons (Fsp3) is 0.235. The molecule has 5 nitrogen and oxygen atoms in total. The van der Waals surface area contributed by atoms with Gasteiger partial charge >= 0.3 is 0 Å². The fourth-order valence-corrected chi connectivity index (χ4v) is 2.58. The Hall–Kier alpha value is -2.69. The summed E-state index contributed by atoms with van der Waals surface area (Å²) in [6.07, 6.45) is 2.38. The van der Waals surface area contributed by atoms with E-state index in [4.69, 9.17) is 0 Å². The molecule has 22 heavy (non-hydrogen) atoms. The van der Waals surface area contributed by atoms with Crippen LogP contribution in [0.1, 0.15) is 17.7 Å². The van der Waals surface area contributed by atoms with Gasteiger partial charge in [0.25, 0.3) is 0 Å². The molecule has 112 valence electrons. The normalized spacial score (nSPS) is 12.8. The van der Waals surface area contributed by atoms with E-state index in [1.807, 2.05) is 42.5 Å². The fourth-order valence-electron chi connectivity index (χ4n) is 2.58. The van der Waals surface area contributed by atoms with Gasteiger partial charge in [-0.25, -0.2) is 0 Å². The van der Waals surface area contributed by atoms with Crippen LogP contribution in [0.15, 0.2) is 48.7 Å². The summed E-state index contributed by atoms with van der Waals surface area (Å²) in [5.41, 5.74) is 2.85. The molecule has 0 spiro atoms. The topological polar surface area (TPSA) is 62.3 Å². The molecule has 2 amide bonds. The van der Waals surface area contributed by atoms with Gasteiger partial charge in [-0.15, -0.1) is 0 Å². The van der Waals surface area contributed by atoms with Crippen LogP contribution in [0.5, 0.6) is 0 Å². The molecule has 1 aromatic heterocycles. The lowest BCUT2D eigenvalue weighted by molar-refractivity contribution is -0.128. The van der Waals surface area contributed by atoms with Gasteiger partial charge in [-0.1, -0.05) is 24.3 Å². The largest absolute Gasteiger partial charge is 0.350 e. The highest BCUT2D eigenvalue weighted by molar-refractivity contribution is 6.05. The predicted molar refractivity (Wildman–Crippen MR) is 83.2 cm³/mol. The number of carbonyl (C=O) groups is 2. The number of nitrogens with one attached hydrogen (secondary N) is 1. The number of rotatable bonds is 4. The van der Waals surface area contributed by atoms with Crippen molar-refractivity contribution in [3.63, 3.8) is 0 Å². The molecule has 2 aromatic rings. The summed E-state index contributed by atoms with van der Waals surface area (Å²) in [4.78, 5) is 30.0. The molecular formula is C17H17N3O2. The molecule has 2 heterocycles.